The maximum absolute atomic E-state index is 13.1. The van der Waals surface area contributed by atoms with E-state index in [9.17, 15) is 4.79 Å². The van der Waals surface area contributed by atoms with Crippen molar-refractivity contribution in [3.8, 4) is 0 Å². The fourth-order valence-electron chi connectivity index (χ4n) is 3.55. The van der Waals surface area contributed by atoms with Gasteiger partial charge in [-0.1, -0.05) is 0 Å². The molecule has 0 aromatic carbocycles. The van der Waals surface area contributed by atoms with Gasteiger partial charge in [0.05, 0.1) is 11.4 Å². The Hall–Kier alpha value is -2.32. The summed E-state index contributed by atoms with van der Waals surface area (Å²) in [5, 5.41) is 2.01. The average Bonchev–Trinajstić information content (AvgIpc) is 3.31. The van der Waals surface area contributed by atoms with E-state index in [2.05, 4.69) is 26.8 Å². The summed E-state index contributed by atoms with van der Waals surface area (Å²) < 4.78 is 2.05. The van der Waals surface area contributed by atoms with E-state index >= 15 is 0 Å². The van der Waals surface area contributed by atoms with E-state index in [1.165, 1.54) is 6.42 Å². The zero-order valence-corrected chi connectivity index (χ0v) is 16.5. The summed E-state index contributed by atoms with van der Waals surface area (Å²) in [5.74, 6) is 0.0590. The van der Waals surface area contributed by atoms with Gasteiger partial charge in [-0.3, -0.25) is 14.1 Å². The zero-order valence-electron chi connectivity index (χ0n) is 15.7. The second-order valence-corrected chi connectivity index (χ2v) is 7.91. The lowest BCUT2D eigenvalue weighted by Gasteiger charge is -2.27. The third kappa shape index (κ3) is 3.59. The van der Waals surface area contributed by atoms with Crippen molar-refractivity contribution in [1.82, 2.24) is 29.2 Å². The van der Waals surface area contributed by atoms with Crippen LogP contribution in [0.3, 0.4) is 0 Å². The van der Waals surface area contributed by atoms with Gasteiger partial charge in [0.1, 0.15) is 6.33 Å². The van der Waals surface area contributed by atoms with E-state index < -0.39 is 0 Å². The highest BCUT2D eigenvalue weighted by Crippen LogP contribution is 2.24. The molecule has 1 saturated heterocycles. The third-order valence-electron chi connectivity index (χ3n) is 5.30. The molecule has 0 N–H and O–H groups in total. The van der Waals surface area contributed by atoms with Crippen molar-refractivity contribution in [2.24, 2.45) is 0 Å². The van der Waals surface area contributed by atoms with Crippen LogP contribution in [-0.4, -0.2) is 55.2 Å². The van der Waals surface area contributed by atoms with Crippen LogP contribution in [0.1, 0.15) is 54.1 Å². The average molecular weight is 385 g/mol. The number of hydrogen-bond acceptors (Lipinski definition) is 6. The van der Waals surface area contributed by atoms with Gasteiger partial charge in [-0.15, -0.1) is 11.3 Å². The first kappa shape index (κ1) is 18.1. The van der Waals surface area contributed by atoms with Gasteiger partial charge in [0.25, 0.3) is 5.91 Å². The summed E-state index contributed by atoms with van der Waals surface area (Å²) in [7, 11) is 2.05. The highest BCUT2D eigenvalue weighted by atomic mass is 32.1. The number of piperidine rings is 1. The number of carbonyl (C=O) groups is 1. The van der Waals surface area contributed by atoms with E-state index in [0.717, 1.165) is 42.3 Å². The van der Waals surface area contributed by atoms with E-state index in [4.69, 9.17) is 0 Å². The van der Waals surface area contributed by atoms with Crippen LogP contribution >= 0.6 is 11.3 Å². The van der Waals surface area contributed by atoms with Crippen LogP contribution in [0.4, 0.5) is 0 Å². The first-order chi connectivity index (χ1) is 13.1. The fraction of sp³-hybridized carbons (Fsp3) is 0.474. The molecule has 1 amide bonds. The number of carbonyl (C=O) groups excluding carboxylic acids is 1. The molecule has 3 aromatic heterocycles. The summed E-state index contributed by atoms with van der Waals surface area (Å²) in [6.45, 7) is 4.39. The van der Waals surface area contributed by atoms with Crippen molar-refractivity contribution in [3.05, 3.63) is 47.2 Å². The molecule has 1 fully saturated rings. The Morgan fingerprint density at radius 3 is 2.89 bits per heavy atom. The summed E-state index contributed by atoms with van der Waals surface area (Å²) in [6, 6.07) is 2.03. The molecule has 27 heavy (non-hydrogen) atoms. The third-order valence-corrected chi connectivity index (χ3v) is 6.06. The van der Waals surface area contributed by atoms with Gasteiger partial charge in [-0.05, 0) is 39.3 Å². The van der Waals surface area contributed by atoms with Crippen molar-refractivity contribution < 1.29 is 4.79 Å². The number of nitrogens with zero attached hydrogens (tertiary/aromatic N) is 6. The van der Waals surface area contributed by atoms with E-state index in [-0.39, 0.29) is 11.9 Å². The topological polar surface area (TPSA) is 66.6 Å². The minimum atomic E-state index is 0.0590. The van der Waals surface area contributed by atoms with E-state index in [1.54, 1.807) is 23.9 Å². The van der Waals surface area contributed by atoms with Crippen molar-refractivity contribution in [1.29, 1.82) is 0 Å². The quantitative estimate of drug-likeness (QED) is 0.676. The number of amides is 1. The lowest BCUT2D eigenvalue weighted by molar-refractivity contribution is 0.0716. The van der Waals surface area contributed by atoms with Crippen molar-refractivity contribution >= 4 is 22.2 Å². The Balaban J connectivity index is 1.62. The number of imidazole rings is 1. The number of fused-ring (bicyclic) bond motifs is 1. The van der Waals surface area contributed by atoms with Crippen LogP contribution in [0.5, 0.6) is 0 Å². The SMILES string of the molecule is CC(c1ccncn1)N(C)Cc1c(C(=O)N2CCCCC2)nc2sccn12. The standard InChI is InChI=1S/C19H24N6OS/c1-14(15-6-7-20-13-21-15)23(2)12-16-17(22-19-25(16)10-11-27-19)18(26)24-8-4-3-5-9-24/h6-7,10-11,13-14H,3-5,8-9,12H2,1-2H3. The molecule has 0 radical (unpaired) electrons. The summed E-state index contributed by atoms with van der Waals surface area (Å²) in [6.07, 6.45) is 8.68. The Morgan fingerprint density at radius 2 is 2.15 bits per heavy atom. The second kappa shape index (κ2) is 7.74. The molecule has 1 aliphatic heterocycles. The molecule has 142 valence electrons. The van der Waals surface area contributed by atoms with E-state index in [1.807, 2.05) is 34.0 Å². The number of likely N-dealkylation sites (tertiary alicyclic amines) is 1. The Labute approximate surface area is 162 Å². The largest absolute Gasteiger partial charge is 0.337 e. The number of aromatic nitrogens is 4. The molecule has 8 heteroatoms. The Morgan fingerprint density at radius 1 is 1.33 bits per heavy atom. The van der Waals surface area contributed by atoms with Gasteiger partial charge in [-0.2, -0.15) is 0 Å². The monoisotopic (exact) mass is 384 g/mol. The van der Waals surface area contributed by atoms with E-state index in [0.29, 0.717) is 12.2 Å². The smallest absolute Gasteiger partial charge is 0.274 e. The van der Waals surface area contributed by atoms with Gasteiger partial charge < -0.3 is 4.90 Å². The molecule has 1 atom stereocenters. The highest BCUT2D eigenvalue weighted by molar-refractivity contribution is 7.15. The van der Waals surface area contributed by atoms with Crippen LogP contribution in [0.25, 0.3) is 4.96 Å². The molecular formula is C19H24N6OS. The van der Waals surface area contributed by atoms with Crippen LogP contribution in [-0.2, 0) is 6.54 Å². The molecule has 4 heterocycles. The lowest BCUT2D eigenvalue weighted by atomic mass is 10.1. The maximum Gasteiger partial charge on any atom is 0.274 e. The summed E-state index contributed by atoms with van der Waals surface area (Å²) in [5.41, 5.74) is 2.50. The van der Waals surface area contributed by atoms with Crippen molar-refractivity contribution in [2.45, 2.75) is 38.8 Å². The molecule has 7 nitrogen and oxygen atoms in total. The van der Waals surface area contributed by atoms with Crippen LogP contribution < -0.4 is 0 Å². The lowest BCUT2D eigenvalue weighted by Crippen LogP contribution is -2.36. The second-order valence-electron chi connectivity index (χ2n) is 7.04. The van der Waals surface area contributed by atoms with Crippen LogP contribution in [0.2, 0.25) is 0 Å². The van der Waals surface area contributed by atoms with Gasteiger partial charge in [0, 0.05) is 43.4 Å². The van der Waals surface area contributed by atoms with Crippen molar-refractivity contribution in [2.75, 3.05) is 20.1 Å². The number of hydrogen-bond donors (Lipinski definition) is 0. The molecule has 4 rings (SSSR count). The number of thiazole rings is 1. The first-order valence-electron chi connectivity index (χ1n) is 9.35. The van der Waals surface area contributed by atoms with Crippen LogP contribution in [0, 0.1) is 0 Å². The molecule has 1 aliphatic rings. The minimum Gasteiger partial charge on any atom is -0.337 e. The fourth-order valence-corrected chi connectivity index (χ4v) is 4.28. The molecule has 0 spiro atoms. The van der Waals surface area contributed by atoms with Gasteiger partial charge >= 0.3 is 0 Å². The normalized spacial score (nSPS) is 16.2. The minimum absolute atomic E-state index is 0.0590. The zero-order chi connectivity index (χ0) is 18.8. The molecule has 0 saturated carbocycles. The molecule has 0 aliphatic carbocycles. The highest BCUT2D eigenvalue weighted by Gasteiger charge is 2.27. The maximum atomic E-state index is 13.1. The molecule has 3 aromatic rings. The predicted molar refractivity (Wildman–Crippen MR) is 105 cm³/mol. The first-order valence-corrected chi connectivity index (χ1v) is 10.2. The number of rotatable bonds is 5. The predicted octanol–water partition coefficient (Wildman–Crippen LogP) is 3.00. The van der Waals surface area contributed by atoms with Crippen LogP contribution in [0.15, 0.2) is 30.2 Å². The van der Waals surface area contributed by atoms with Crippen molar-refractivity contribution in [3.63, 3.8) is 0 Å². The summed E-state index contributed by atoms with van der Waals surface area (Å²) >= 11 is 1.56. The Bertz CT molecular complexity index is 915. The molecule has 0 bridgehead atoms. The summed E-state index contributed by atoms with van der Waals surface area (Å²) in [4.78, 5) is 31.2. The Kier molecular flexibility index (Phi) is 5.18. The van der Waals surface area contributed by atoms with Gasteiger partial charge in [0.15, 0.2) is 10.7 Å². The van der Waals surface area contributed by atoms with Gasteiger partial charge in [-0.25, -0.2) is 15.0 Å². The van der Waals surface area contributed by atoms with Gasteiger partial charge in [0.2, 0.25) is 0 Å². The molecule has 1 unspecified atom stereocenters. The molecular weight excluding hydrogens is 360 g/mol.